The van der Waals surface area contributed by atoms with Crippen molar-refractivity contribution in [1.82, 2.24) is 4.98 Å². The number of carbonyl (C=O) groups excluding carboxylic acids is 1. The fourth-order valence-electron chi connectivity index (χ4n) is 3.41. The topological polar surface area (TPSA) is 61.6 Å². The van der Waals surface area contributed by atoms with E-state index >= 15 is 0 Å². The van der Waals surface area contributed by atoms with Crippen molar-refractivity contribution in [3.8, 4) is 0 Å². The van der Waals surface area contributed by atoms with Gasteiger partial charge in [0, 0.05) is 24.9 Å². The minimum absolute atomic E-state index is 0.0997. The van der Waals surface area contributed by atoms with Crippen LogP contribution in [0.3, 0.4) is 0 Å². The van der Waals surface area contributed by atoms with Gasteiger partial charge < -0.3 is 13.9 Å². The zero-order chi connectivity index (χ0) is 13.8. The van der Waals surface area contributed by atoms with Gasteiger partial charge in [0.1, 0.15) is 6.10 Å². The van der Waals surface area contributed by atoms with Crippen LogP contribution in [0.4, 0.5) is 0 Å². The number of oxazole rings is 1. The van der Waals surface area contributed by atoms with Gasteiger partial charge in [-0.2, -0.15) is 0 Å². The third-order valence-electron chi connectivity index (χ3n) is 4.32. The summed E-state index contributed by atoms with van der Waals surface area (Å²) in [7, 11) is 0. The van der Waals surface area contributed by atoms with Gasteiger partial charge in [-0.15, -0.1) is 0 Å². The van der Waals surface area contributed by atoms with Crippen LogP contribution < -0.4 is 0 Å². The maximum Gasteiger partial charge on any atom is 0.376 e. The number of fused-ring (bicyclic) bond motifs is 1. The molecule has 3 rings (SSSR count). The molecule has 0 N–H and O–H groups in total. The molecule has 2 heterocycles. The minimum Gasteiger partial charge on any atom is -0.455 e. The van der Waals surface area contributed by atoms with Crippen molar-refractivity contribution in [2.45, 2.75) is 46.3 Å². The number of esters is 1. The molecule has 104 valence electrons. The monoisotopic (exact) mass is 265 g/mol. The summed E-state index contributed by atoms with van der Waals surface area (Å²) in [5.41, 5.74) is 0.457. The molecule has 3 unspecified atom stereocenters. The Labute approximate surface area is 112 Å². The summed E-state index contributed by atoms with van der Waals surface area (Å²) in [5.74, 6) is 0.611. The molecule has 3 atom stereocenters. The smallest absolute Gasteiger partial charge is 0.376 e. The third-order valence-corrected chi connectivity index (χ3v) is 4.32. The van der Waals surface area contributed by atoms with Gasteiger partial charge in [0.25, 0.3) is 0 Å². The second-order valence-electron chi connectivity index (χ2n) is 6.04. The summed E-state index contributed by atoms with van der Waals surface area (Å²) in [6.07, 6.45) is 1.07. The quantitative estimate of drug-likeness (QED) is 0.767. The highest BCUT2D eigenvalue weighted by molar-refractivity contribution is 5.87. The Bertz CT molecular complexity index is 520. The summed E-state index contributed by atoms with van der Waals surface area (Å²) in [5, 5.41) is 0. The number of hydrogen-bond acceptors (Lipinski definition) is 5. The zero-order valence-electron chi connectivity index (χ0n) is 11.7. The summed E-state index contributed by atoms with van der Waals surface area (Å²) in [6, 6.07) is 0. The fraction of sp³-hybridized carbons (Fsp3) is 0.714. The van der Waals surface area contributed by atoms with E-state index in [2.05, 4.69) is 18.8 Å². The van der Waals surface area contributed by atoms with Crippen LogP contribution in [0.2, 0.25) is 0 Å². The van der Waals surface area contributed by atoms with Crippen LogP contribution in [0.1, 0.15) is 42.4 Å². The highest BCUT2D eigenvalue weighted by Crippen LogP contribution is 2.53. The lowest BCUT2D eigenvalue weighted by Gasteiger charge is -2.52. The van der Waals surface area contributed by atoms with E-state index in [1.165, 1.54) is 0 Å². The van der Waals surface area contributed by atoms with Crippen molar-refractivity contribution in [2.75, 3.05) is 6.61 Å². The summed E-state index contributed by atoms with van der Waals surface area (Å²) in [6.45, 7) is 8.39. The molecule has 0 aromatic carbocycles. The van der Waals surface area contributed by atoms with E-state index < -0.39 is 5.97 Å². The molecule has 2 aliphatic rings. The number of ether oxygens (including phenoxy) is 2. The van der Waals surface area contributed by atoms with E-state index in [1.54, 1.807) is 13.8 Å². The predicted octanol–water partition coefficient (Wildman–Crippen LogP) is 2.26. The van der Waals surface area contributed by atoms with E-state index in [0.717, 1.165) is 13.0 Å². The largest absolute Gasteiger partial charge is 0.455 e. The Kier molecular flexibility index (Phi) is 2.71. The van der Waals surface area contributed by atoms with Crippen LogP contribution in [-0.4, -0.2) is 29.8 Å². The zero-order valence-corrected chi connectivity index (χ0v) is 11.7. The Balaban J connectivity index is 1.75. The molecule has 5 nitrogen and oxygen atoms in total. The second kappa shape index (κ2) is 4.07. The number of aromatic nitrogens is 1. The van der Waals surface area contributed by atoms with Gasteiger partial charge in [-0.05, 0) is 13.3 Å². The van der Waals surface area contributed by atoms with Gasteiger partial charge in [-0.25, -0.2) is 9.78 Å². The van der Waals surface area contributed by atoms with Crippen molar-refractivity contribution in [3.63, 3.8) is 0 Å². The van der Waals surface area contributed by atoms with Gasteiger partial charge in [-0.3, -0.25) is 0 Å². The van der Waals surface area contributed by atoms with Gasteiger partial charge >= 0.3 is 5.97 Å². The van der Waals surface area contributed by atoms with E-state index in [0.29, 0.717) is 17.5 Å². The maximum absolute atomic E-state index is 12.2. The molecule has 0 bridgehead atoms. The minimum atomic E-state index is -0.415. The number of aryl methyl sites for hydroxylation is 2. The molecule has 0 spiro atoms. The molecule has 5 heteroatoms. The lowest BCUT2D eigenvalue weighted by molar-refractivity contribution is -0.183. The van der Waals surface area contributed by atoms with Crippen LogP contribution in [-0.2, 0) is 9.47 Å². The van der Waals surface area contributed by atoms with E-state index in [4.69, 9.17) is 13.9 Å². The third kappa shape index (κ3) is 1.79. The lowest BCUT2D eigenvalue weighted by atomic mass is 9.59. The van der Waals surface area contributed by atoms with Gasteiger partial charge in [0.2, 0.25) is 5.76 Å². The van der Waals surface area contributed by atoms with Crippen LogP contribution in [0, 0.1) is 25.2 Å². The summed E-state index contributed by atoms with van der Waals surface area (Å²) in [4.78, 5) is 16.3. The molecule has 2 fully saturated rings. The highest BCUT2D eigenvalue weighted by Gasteiger charge is 2.61. The molecule has 1 saturated heterocycles. The van der Waals surface area contributed by atoms with Gasteiger partial charge in [-0.1, -0.05) is 13.8 Å². The first kappa shape index (κ1) is 12.7. The fourth-order valence-corrected chi connectivity index (χ4v) is 3.41. The molecule has 1 aromatic rings. The number of nitrogens with zero attached hydrogens (tertiary/aromatic N) is 1. The van der Waals surface area contributed by atoms with Crippen molar-refractivity contribution >= 4 is 5.97 Å². The molecule has 1 aromatic heterocycles. The maximum atomic E-state index is 12.2. The highest BCUT2D eigenvalue weighted by atomic mass is 16.6. The molecule has 0 radical (unpaired) electrons. The first-order chi connectivity index (χ1) is 8.91. The van der Waals surface area contributed by atoms with Gasteiger partial charge in [0.05, 0.1) is 11.8 Å². The Hall–Kier alpha value is -1.36. The van der Waals surface area contributed by atoms with E-state index in [-0.39, 0.29) is 23.4 Å². The van der Waals surface area contributed by atoms with Gasteiger partial charge in [0.15, 0.2) is 5.89 Å². The first-order valence-electron chi connectivity index (χ1n) is 6.68. The molecule has 1 aliphatic carbocycles. The van der Waals surface area contributed by atoms with Crippen LogP contribution in [0.5, 0.6) is 0 Å². The van der Waals surface area contributed by atoms with Crippen molar-refractivity contribution < 1.29 is 18.7 Å². The van der Waals surface area contributed by atoms with E-state index in [9.17, 15) is 4.79 Å². The summed E-state index contributed by atoms with van der Waals surface area (Å²) < 4.78 is 16.6. The van der Waals surface area contributed by atoms with E-state index in [1.807, 2.05) is 0 Å². The normalized spacial score (nSPS) is 31.7. The molecular formula is C14H19NO4. The molecule has 1 saturated carbocycles. The Morgan fingerprint density at radius 1 is 1.42 bits per heavy atom. The van der Waals surface area contributed by atoms with Crippen molar-refractivity contribution in [2.24, 2.45) is 11.3 Å². The first-order valence-corrected chi connectivity index (χ1v) is 6.68. The van der Waals surface area contributed by atoms with Crippen LogP contribution in [0.25, 0.3) is 0 Å². The predicted molar refractivity (Wildman–Crippen MR) is 66.8 cm³/mol. The molecular weight excluding hydrogens is 246 g/mol. The number of rotatable bonds is 2. The SMILES string of the molecule is Cc1nc(C)c(C(=O)OC2C3CCOC3C2(C)C)o1. The average Bonchev–Trinajstić information content (AvgIpc) is 2.91. The summed E-state index contributed by atoms with van der Waals surface area (Å²) >= 11 is 0. The van der Waals surface area contributed by atoms with Crippen LogP contribution >= 0.6 is 0 Å². The van der Waals surface area contributed by atoms with Crippen molar-refractivity contribution in [3.05, 3.63) is 17.3 Å². The Morgan fingerprint density at radius 3 is 2.79 bits per heavy atom. The molecule has 0 amide bonds. The Morgan fingerprint density at radius 2 is 2.16 bits per heavy atom. The standard InChI is InChI=1S/C14H19NO4/c1-7-10(18-8(2)15-7)13(16)19-12-9-5-6-17-11(9)14(12,3)4/h9,11-12H,5-6H2,1-4H3. The molecule has 1 aliphatic heterocycles. The number of hydrogen-bond donors (Lipinski definition) is 0. The average molecular weight is 265 g/mol. The lowest BCUT2D eigenvalue weighted by Crippen LogP contribution is -2.61. The second-order valence-corrected chi connectivity index (χ2v) is 6.04. The molecule has 19 heavy (non-hydrogen) atoms. The number of carbonyl (C=O) groups is 1. The van der Waals surface area contributed by atoms with Crippen LogP contribution in [0.15, 0.2) is 4.42 Å². The van der Waals surface area contributed by atoms with Crippen molar-refractivity contribution in [1.29, 1.82) is 0 Å².